The normalized spacial score (nSPS) is 18.9. The summed E-state index contributed by atoms with van der Waals surface area (Å²) < 4.78 is 38.6. The fourth-order valence-electron chi connectivity index (χ4n) is 4.69. The van der Waals surface area contributed by atoms with Gasteiger partial charge in [0.1, 0.15) is 17.7 Å². The predicted octanol–water partition coefficient (Wildman–Crippen LogP) is 3.82. The first-order chi connectivity index (χ1) is 16.8. The molecule has 35 heavy (non-hydrogen) atoms. The van der Waals surface area contributed by atoms with Gasteiger partial charge >= 0.3 is 6.18 Å². The Bertz CT molecular complexity index is 1240. The Balaban J connectivity index is 1.27. The van der Waals surface area contributed by atoms with E-state index in [1.165, 1.54) is 0 Å². The Morgan fingerprint density at radius 1 is 1.09 bits per heavy atom. The molecule has 2 aliphatic rings. The average Bonchev–Trinajstić information content (AvgIpc) is 3.52. The Labute approximate surface area is 198 Å². The fourth-order valence-corrected chi connectivity index (χ4v) is 4.69. The second kappa shape index (κ2) is 9.23. The van der Waals surface area contributed by atoms with E-state index in [9.17, 15) is 22.9 Å². The number of rotatable bonds is 5. The number of fused-ring (bicyclic) bond motifs is 1. The Hall–Kier alpha value is -3.57. The SMILES string of the molecule is O=C(C1CCCN(c2ccc3[nH]c(C[N+](=O)c4ccc(C(F)(F)F)nc4)nc3n2)C1)N1CCCC1. The minimum absolute atomic E-state index is 0.00543. The van der Waals surface area contributed by atoms with Crippen molar-refractivity contribution in [2.24, 2.45) is 5.92 Å². The number of halogens is 3. The molecule has 0 bridgehead atoms. The van der Waals surface area contributed by atoms with Crippen molar-refractivity contribution >= 4 is 28.6 Å². The number of carbonyl (C=O) groups excluding carboxylic acids is 1. The van der Waals surface area contributed by atoms with E-state index in [0.717, 1.165) is 69.5 Å². The molecule has 1 unspecified atom stereocenters. The van der Waals surface area contributed by atoms with E-state index < -0.39 is 11.9 Å². The molecule has 1 amide bonds. The molecule has 5 rings (SSSR count). The zero-order valence-electron chi connectivity index (χ0n) is 19.0. The van der Waals surface area contributed by atoms with Gasteiger partial charge in [-0.3, -0.25) is 4.79 Å². The van der Waals surface area contributed by atoms with Crippen LogP contribution in [0.25, 0.3) is 11.2 Å². The van der Waals surface area contributed by atoms with E-state index in [1.807, 2.05) is 17.0 Å². The van der Waals surface area contributed by atoms with Crippen LogP contribution in [0.5, 0.6) is 0 Å². The number of hydrogen-bond donors (Lipinski definition) is 1. The number of likely N-dealkylation sites (tertiary alicyclic amines) is 1. The lowest BCUT2D eigenvalue weighted by Crippen LogP contribution is -2.44. The van der Waals surface area contributed by atoms with Gasteiger partial charge in [0.2, 0.25) is 5.91 Å². The number of aromatic nitrogens is 4. The third kappa shape index (κ3) is 4.96. The lowest BCUT2D eigenvalue weighted by atomic mass is 9.96. The molecule has 9 nitrogen and oxygen atoms in total. The number of alkyl halides is 3. The molecular formula is C23H25F3N7O2+. The quantitative estimate of drug-likeness (QED) is 0.549. The van der Waals surface area contributed by atoms with Gasteiger partial charge in [-0.25, -0.2) is 15.0 Å². The third-order valence-corrected chi connectivity index (χ3v) is 6.51. The number of piperidine rings is 1. The summed E-state index contributed by atoms with van der Waals surface area (Å²) in [4.78, 5) is 44.7. The highest BCUT2D eigenvalue weighted by molar-refractivity contribution is 5.80. The van der Waals surface area contributed by atoms with Crippen LogP contribution in [0.4, 0.5) is 24.7 Å². The van der Waals surface area contributed by atoms with E-state index in [0.29, 0.717) is 28.3 Å². The van der Waals surface area contributed by atoms with Crippen LogP contribution in [-0.2, 0) is 17.5 Å². The van der Waals surface area contributed by atoms with Crippen LogP contribution in [0.1, 0.15) is 37.2 Å². The van der Waals surface area contributed by atoms with E-state index in [1.54, 1.807) is 0 Å². The maximum Gasteiger partial charge on any atom is 0.433 e. The van der Waals surface area contributed by atoms with Gasteiger partial charge in [0, 0.05) is 41.9 Å². The molecule has 1 atom stereocenters. The number of aromatic amines is 1. The third-order valence-electron chi connectivity index (χ3n) is 6.51. The molecule has 12 heteroatoms. The van der Waals surface area contributed by atoms with Crippen molar-refractivity contribution in [2.45, 2.75) is 38.4 Å². The van der Waals surface area contributed by atoms with E-state index in [2.05, 4.69) is 24.8 Å². The summed E-state index contributed by atoms with van der Waals surface area (Å²) in [6.07, 6.45) is 0.242. The van der Waals surface area contributed by atoms with Crippen LogP contribution in [0.15, 0.2) is 30.5 Å². The summed E-state index contributed by atoms with van der Waals surface area (Å²) in [6, 6.07) is 5.54. The number of nitrogens with zero attached hydrogens (tertiary/aromatic N) is 6. The van der Waals surface area contributed by atoms with Gasteiger partial charge in [-0.2, -0.15) is 13.2 Å². The maximum absolute atomic E-state index is 12.8. The monoisotopic (exact) mass is 488 g/mol. The van der Waals surface area contributed by atoms with Gasteiger partial charge in [0.25, 0.3) is 12.2 Å². The molecule has 3 aromatic heterocycles. The van der Waals surface area contributed by atoms with Gasteiger partial charge in [0.15, 0.2) is 11.5 Å². The minimum Gasteiger partial charge on any atom is -0.356 e. The maximum atomic E-state index is 12.8. The van der Waals surface area contributed by atoms with E-state index in [-0.39, 0.29) is 24.1 Å². The number of nitroso groups, excluding NO2 is 1. The van der Waals surface area contributed by atoms with Crippen molar-refractivity contribution < 1.29 is 22.7 Å². The van der Waals surface area contributed by atoms with Crippen molar-refractivity contribution in [3.05, 3.63) is 46.9 Å². The molecule has 1 N–H and O–H groups in total. The Morgan fingerprint density at radius 2 is 1.89 bits per heavy atom. The number of anilines is 1. The molecule has 2 aliphatic heterocycles. The molecular weight excluding hydrogens is 463 g/mol. The van der Waals surface area contributed by atoms with Gasteiger partial charge in [-0.15, -0.1) is 0 Å². The van der Waals surface area contributed by atoms with Gasteiger partial charge in [-0.05, 0) is 43.9 Å². The molecule has 0 aliphatic carbocycles. The second-order valence-corrected chi connectivity index (χ2v) is 8.98. The van der Waals surface area contributed by atoms with Gasteiger partial charge in [0.05, 0.1) is 11.4 Å². The number of H-pyrrole nitrogens is 1. The number of amides is 1. The molecule has 5 heterocycles. The molecule has 184 valence electrons. The van der Waals surface area contributed by atoms with Crippen LogP contribution < -0.4 is 4.90 Å². The predicted molar refractivity (Wildman–Crippen MR) is 121 cm³/mol. The molecule has 2 saturated heterocycles. The summed E-state index contributed by atoms with van der Waals surface area (Å²) in [7, 11) is 0. The van der Waals surface area contributed by atoms with E-state index >= 15 is 0 Å². The molecule has 3 aromatic rings. The second-order valence-electron chi connectivity index (χ2n) is 8.98. The highest BCUT2D eigenvalue weighted by Gasteiger charge is 2.33. The summed E-state index contributed by atoms with van der Waals surface area (Å²) in [6.45, 7) is 2.90. The zero-order chi connectivity index (χ0) is 24.6. The summed E-state index contributed by atoms with van der Waals surface area (Å²) >= 11 is 0. The number of imidazole rings is 1. The van der Waals surface area contributed by atoms with Gasteiger partial charge in [-0.1, -0.05) is 0 Å². The first kappa shape index (κ1) is 23.2. The highest BCUT2D eigenvalue weighted by atomic mass is 19.4. The standard InChI is InChI=1S/C23H25F3N7O2/c24-23(25,26)18-7-5-16(12-27-18)33(35)14-19-28-17-6-8-20(30-21(17)29-19)32-11-3-4-15(13-32)22(34)31-9-1-2-10-31/h5-8,12,15H,1-4,9-11,13-14H2,(H,28,29,30)/q+1. The van der Waals surface area contributed by atoms with Crippen molar-refractivity contribution in [1.29, 1.82) is 0 Å². The van der Waals surface area contributed by atoms with Crippen LogP contribution in [0.2, 0.25) is 0 Å². The van der Waals surface area contributed by atoms with Crippen molar-refractivity contribution in [1.82, 2.24) is 24.8 Å². The number of hydrogen-bond acceptors (Lipinski definition) is 6. The molecule has 0 radical (unpaired) electrons. The zero-order valence-corrected chi connectivity index (χ0v) is 19.0. The summed E-state index contributed by atoms with van der Waals surface area (Å²) in [5, 5.41) is 0. The first-order valence-corrected chi connectivity index (χ1v) is 11.7. The van der Waals surface area contributed by atoms with Crippen molar-refractivity contribution in [3.63, 3.8) is 0 Å². The fraction of sp³-hybridized carbons (Fsp3) is 0.478. The van der Waals surface area contributed by atoms with Crippen LogP contribution in [0, 0.1) is 10.8 Å². The number of nitrogens with one attached hydrogen (secondary N) is 1. The van der Waals surface area contributed by atoms with Crippen LogP contribution in [-0.4, -0.2) is 61.7 Å². The average molecular weight is 488 g/mol. The Kier molecular flexibility index (Phi) is 6.12. The van der Waals surface area contributed by atoms with Crippen molar-refractivity contribution in [2.75, 3.05) is 31.1 Å². The molecule has 2 fully saturated rings. The van der Waals surface area contributed by atoms with Crippen LogP contribution >= 0.6 is 0 Å². The lowest BCUT2D eigenvalue weighted by Gasteiger charge is -2.34. The summed E-state index contributed by atoms with van der Waals surface area (Å²) in [5.41, 5.74) is 0.0140. The molecule has 0 aromatic carbocycles. The number of carbonyl (C=O) groups is 1. The largest absolute Gasteiger partial charge is 0.433 e. The Morgan fingerprint density at radius 3 is 2.60 bits per heavy atom. The van der Waals surface area contributed by atoms with Crippen molar-refractivity contribution in [3.8, 4) is 0 Å². The smallest absolute Gasteiger partial charge is 0.356 e. The molecule has 0 spiro atoms. The molecule has 0 saturated carbocycles. The van der Waals surface area contributed by atoms with E-state index in [4.69, 9.17) is 0 Å². The van der Waals surface area contributed by atoms with Crippen LogP contribution in [0.3, 0.4) is 0 Å². The summed E-state index contributed by atoms with van der Waals surface area (Å²) in [5.74, 6) is 1.24. The highest BCUT2D eigenvalue weighted by Crippen LogP contribution is 2.29. The number of pyridine rings is 2. The first-order valence-electron chi connectivity index (χ1n) is 11.7. The van der Waals surface area contributed by atoms with Gasteiger partial charge < -0.3 is 14.8 Å². The lowest BCUT2D eigenvalue weighted by molar-refractivity contribution is -0.481. The minimum atomic E-state index is -4.57. The topological polar surface area (TPSA) is 98.1 Å².